The summed E-state index contributed by atoms with van der Waals surface area (Å²) in [5.41, 5.74) is 1.56. The van der Waals surface area contributed by atoms with E-state index in [1.54, 1.807) is 25.6 Å². The van der Waals surface area contributed by atoms with Gasteiger partial charge < -0.3 is 14.8 Å². The van der Waals surface area contributed by atoms with Gasteiger partial charge in [-0.3, -0.25) is 4.40 Å². The molecule has 20 heavy (non-hydrogen) atoms. The Hall–Kier alpha value is -1.11. The first-order valence-electron chi connectivity index (χ1n) is 6.96. The summed E-state index contributed by atoms with van der Waals surface area (Å²) in [6, 6.07) is 0. The Labute approximate surface area is 122 Å². The predicted octanol–water partition coefficient (Wildman–Crippen LogP) is 2.31. The second-order valence-electron chi connectivity index (χ2n) is 5.47. The van der Waals surface area contributed by atoms with E-state index in [0.29, 0.717) is 5.41 Å². The van der Waals surface area contributed by atoms with Crippen LogP contribution in [0.3, 0.4) is 0 Å². The smallest absolute Gasteiger partial charge is 0.237 e. The van der Waals surface area contributed by atoms with Crippen LogP contribution < -0.4 is 10.1 Å². The minimum Gasteiger partial charge on any atom is -0.480 e. The van der Waals surface area contributed by atoms with Gasteiger partial charge in [-0.05, 0) is 24.7 Å². The van der Waals surface area contributed by atoms with Crippen LogP contribution >= 0.6 is 11.3 Å². The SMILES string of the molecule is COCCC1(CNCc2c(OC)nc3sccn23)CC1. The van der Waals surface area contributed by atoms with Crippen LogP contribution in [0.25, 0.3) is 4.96 Å². The third kappa shape index (κ3) is 2.68. The summed E-state index contributed by atoms with van der Waals surface area (Å²) in [6.45, 7) is 2.68. The number of ether oxygens (including phenoxy) is 2. The lowest BCUT2D eigenvalue weighted by molar-refractivity contribution is 0.171. The predicted molar refractivity (Wildman–Crippen MR) is 79.5 cm³/mol. The number of hydrogen-bond donors (Lipinski definition) is 1. The maximum Gasteiger partial charge on any atom is 0.237 e. The Bertz CT molecular complexity index is 574. The van der Waals surface area contributed by atoms with E-state index < -0.39 is 0 Å². The highest BCUT2D eigenvalue weighted by Gasteiger charge is 2.41. The average Bonchev–Trinajstić information content (AvgIpc) is 2.93. The Morgan fingerprint density at radius 2 is 2.30 bits per heavy atom. The fourth-order valence-corrected chi connectivity index (χ4v) is 3.32. The molecule has 1 aliphatic rings. The molecule has 0 bridgehead atoms. The van der Waals surface area contributed by atoms with Gasteiger partial charge in [-0.1, -0.05) is 0 Å². The largest absolute Gasteiger partial charge is 0.480 e. The molecule has 0 amide bonds. The van der Waals surface area contributed by atoms with Crippen molar-refractivity contribution in [2.75, 3.05) is 27.4 Å². The molecule has 0 aromatic carbocycles. The average molecular weight is 295 g/mol. The van der Waals surface area contributed by atoms with E-state index in [9.17, 15) is 0 Å². The summed E-state index contributed by atoms with van der Waals surface area (Å²) in [4.78, 5) is 5.46. The molecule has 2 heterocycles. The number of fused-ring (bicyclic) bond motifs is 1. The standard InChI is InChI=1S/C14H21N3O2S/c1-18-7-5-14(3-4-14)10-15-9-11-12(19-2)16-13-17(11)6-8-20-13/h6,8,15H,3-5,7,9-10H2,1-2H3. The molecular formula is C14H21N3O2S. The Morgan fingerprint density at radius 3 is 3.00 bits per heavy atom. The lowest BCUT2D eigenvalue weighted by Gasteiger charge is -2.15. The molecule has 0 spiro atoms. The molecule has 6 heteroatoms. The van der Waals surface area contributed by atoms with E-state index in [4.69, 9.17) is 9.47 Å². The van der Waals surface area contributed by atoms with Crippen molar-refractivity contribution in [3.05, 3.63) is 17.3 Å². The number of nitrogens with zero attached hydrogens (tertiary/aromatic N) is 2. The van der Waals surface area contributed by atoms with Crippen molar-refractivity contribution in [1.29, 1.82) is 0 Å². The minimum absolute atomic E-state index is 0.460. The molecular weight excluding hydrogens is 274 g/mol. The van der Waals surface area contributed by atoms with Gasteiger partial charge in [0.15, 0.2) is 4.96 Å². The van der Waals surface area contributed by atoms with Crippen LogP contribution in [-0.2, 0) is 11.3 Å². The Balaban J connectivity index is 1.61. The zero-order valence-corrected chi connectivity index (χ0v) is 12.8. The Kier molecular flexibility index (Phi) is 3.96. The van der Waals surface area contributed by atoms with E-state index in [1.807, 2.05) is 11.6 Å². The van der Waals surface area contributed by atoms with Crippen molar-refractivity contribution < 1.29 is 9.47 Å². The van der Waals surface area contributed by atoms with Gasteiger partial charge in [-0.25, -0.2) is 0 Å². The normalized spacial score (nSPS) is 16.7. The first-order valence-corrected chi connectivity index (χ1v) is 7.84. The highest BCUT2D eigenvalue weighted by Crippen LogP contribution is 2.48. The van der Waals surface area contributed by atoms with E-state index in [0.717, 1.165) is 42.7 Å². The van der Waals surface area contributed by atoms with Crippen molar-refractivity contribution in [3.63, 3.8) is 0 Å². The molecule has 3 rings (SSSR count). The van der Waals surface area contributed by atoms with Crippen LogP contribution in [0.5, 0.6) is 5.88 Å². The van der Waals surface area contributed by atoms with Gasteiger partial charge in [0.1, 0.15) is 5.69 Å². The number of rotatable bonds is 8. The van der Waals surface area contributed by atoms with Gasteiger partial charge in [0.25, 0.3) is 0 Å². The van der Waals surface area contributed by atoms with Crippen LogP contribution in [0, 0.1) is 5.41 Å². The highest BCUT2D eigenvalue weighted by atomic mass is 32.1. The summed E-state index contributed by atoms with van der Waals surface area (Å²) >= 11 is 1.63. The molecule has 5 nitrogen and oxygen atoms in total. The highest BCUT2D eigenvalue weighted by molar-refractivity contribution is 7.15. The van der Waals surface area contributed by atoms with Gasteiger partial charge in [0, 0.05) is 38.4 Å². The zero-order valence-electron chi connectivity index (χ0n) is 12.0. The van der Waals surface area contributed by atoms with E-state index >= 15 is 0 Å². The van der Waals surface area contributed by atoms with Gasteiger partial charge in [-0.15, -0.1) is 11.3 Å². The van der Waals surface area contributed by atoms with Crippen molar-refractivity contribution in [1.82, 2.24) is 14.7 Å². The number of thiazole rings is 1. The van der Waals surface area contributed by atoms with E-state index in [2.05, 4.69) is 14.7 Å². The van der Waals surface area contributed by atoms with Crippen LogP contribution in [0.1, 0.15) is 25.0 Å². The van der Waals surface area contributed by atoms with Crippen molar-refractivity contribution in [3.8, 4) is 5.88 Å². The molecule has 1 aliphatic carbocycles. The number of methoxy groups -OCH3 is 2. The maximum absolute atomic E-state index is 5.37. The van der Waals surface area contributed by atoms with E-state index in [-0.39, 0.29) is 0 Å². The number of aromatic nitrogens is 2. The summed E-state index contributed by atoms with van der Waals surface area (Å²) < 4.78 is 12.7. The second kappa shape index (κ2) is 5.71. The van der Waals surface area contributed by atoms with E-state index in [1.165, 1.54) is 12.8 Å². The Morgan fingerprint density at radius 1 is 1.45 bits per heavy atom. The molecule has 0 atom stereocenters. The molecule has 110 valence electrons. The van der Waals surface area contributed by atoms with Crippen LogP contribution in [-0.4, -0.2) is 36.8 Å². The van der Waals surface area contributed by atoms with Crippen molar-refractivity contribution >= 4 is 16.3 Å². The zero-order chi connectivity index (χ0) is 14.0. The first-order chi connectivity index (χ1) is 9.78. The van der Waals surface area contributed by atoms with Gasteiger partial charge in [0.2, 0.25) is 5.88 Å². The third-order valence-electron chi connectivity index (χ3n) is 4.10. The molecule has 2 aromatic rings. The molecule has 1 fully saturated rings. The fraction of sp³-hybridized carbons (Fsp3) is 0.643. The van der Waals surface area contributed by atoms with Crippen LogP contribution in [0.2, 0.25) is 0 Å². The molecule has 0 radical (unpaired) electrons. The minimum atomic E-state index is 0.460. The third-order valence-corrected chi connectivity index (χ3v) is 4.86. The van der Waals surface area contributed by atoms with Crippen LogP contribution in [0.4, 0.5) is 0 Å². The van der Waals surface area contributed by atoms with Gasteiger partial charge >= 0.3 is 0 Å². The molecule has 0 aliphatic heterocycles. The number of hydrogen-bond acceptors (Lipinski definition) is 5. The molecule has 2 aromatic heterocycles. The lowest BCUT2D eigenvalue weighted by Crippen LogP contribution is -2.25. The number of imidazole rings is 1. The lowest BCUT2D eigenvalue weighted by atomic mass is 10.0. The second-order valence-corrected chi connectivity index (χ2v) is 6.34. The quantitative estimate of drug-likeness (QED) is 0.812. The van der Waals surface area contributed by atoms with Crippen LogP contribution in [0.15, 0.2) is 11.6 Å². The summed E-state index contributed by atoms with van der Waals surface area (Å²) in [5, 5.41) is 5.61. The number of nitrogens with one attached hydrogen (secondary N) is 1. The van der Waals surface area contributed by atoms with Crippen molar-refractivity contribution in [2.24, 2.45) is 5.41 Å². The summed E-state index contributed by atoms with van der Waals surface area (Å²) in [7, 11) is 3.45. The van der Waals surface area contributed by atoms with Gasteiger partial charge in [0.05, 0.1) is 7.11 Å². The van der Waals surface area contributed by atoms with Crippen molar-refractivity contribution in [2.45, 2.75) is 25.8 Å². The fourth-order valence-electron chi connectivity index (χ4n) is 2.59. The molecule has 1 N–H and O–H groups in total. The molecule has 0 saturated heterocycles. The first kappa shape index (κ1) is 13.9. The van der Waals surface area contributed by atoms with Gasteiger partial charge in [-0.2, -0.15) is 4.98 Å². The molecule has 0 unspecified atom stereocenters. The summed E-state index contributed by atoms with van der Waals surface area (Å²) in [6.07, 6.45) is 5.81. The topological polar surface area (TPSA) is 47.8 Å². The molecule has 1 saturated carbocycles. The monoisotopic (exact) mass is 295 g/mol. The maximum atomic E-state index is 5.37. The summed E-state index contributed by atoms with van der Waals surface area (Å²) in [5.74, 6) is 0.728.